The number of nitrogens with one attached hydrogen (secondary N) is 2. The summed E-state index contributed by atoms with van der Waals surface area (Å²) < 4.78 is 1.68. The Morgan fingerprint density at radius 1 is 1.20 bits per heavy atom. The molecule has 5 N–H and O–H groups in total. The van der Waals surface area contributed by atoms with Gasteiger partial charge in [0.25, 0.3) is 5.91 Å². The Kier molecular flexibility index (Phi) is 7.78. The van der Waals surface area contributed by atoms with E-state index in [9.17, 15) is 19.5 Å². The number of anilines is 1. The van der Waals surface area contributed by atoms with Gasteiger partial charge in [-0.15, -0.1) is 0 Å². The van der Waals surface area contributed by atoms with Crippen LogP contribution in [-0.2, 0) is 11.3 Å². The molecule has 1 fully saturated rings. The zero-order chi connectivity index (χ0) is 29.4. The van der Waals surface area contributed by atoms with Crippen LogP contribution >= 0.6 is 0 Å². The number of primary amides is 1. The van der Waals surface area contributed by atoms with E-state index in [1.165, 1.54) is 11.1 Å². The predicted octanol–water partition coefficient (Wildman–Crippen LogP) is 3.98. The van der Waals surface area contributed by atoms with Crippen molar-refractivity contribution in [2.45, 2.75) is 60.5 Å². The number of likely N-dealkylation sites (tertiary alicyclic amines) is 1. The van der Waals surface area contributed by atoms with Crippen molar-refractivity contribution in [1.82, 2.24) is 24.8 Å². The van der Waals surface area contributed by atoms with Crippen LogP contribution in [0.4, 0.5) is 10.5 Å². The number of nitrogens with two attached hydrogens (primary N) is 1. The normalized spacial score (nSPS) is 19.3. The van der Waals surface area contributed by atoms with Crippen molar-refractivity contribution in [2.24, 2.45) is 22.5 Å². The molecule has 4 rings (SSSR count). The highest BCUT2D eigenvalue weighted by molar-refractivity contribution is 6.02. The Morgan fingerprint density at radius 2 is 1.93 bits per heavy atom. The number of aromatic nitrogens is 3. The molecule has 2 atom stereocenters. The molecule has 0 saturated carbocycles. The van der Waals surface area contributed by atoms with Gasteiger partial charge in [-0.2, -0.15) is 5.10 Å². The van der Waals surface area contributed by atoms with Gasteiger partial charge in [-0.3, -0.25) is 14.6 Å². The summed E-state index contributed by atoms with van der Waals surface area (Å²) in [6.07, 6.45) is 4.79. The molecule has 3 aromatic rings. The summed E-state index contributed by atoms with van der Waals surface area (Å²) in [4.78, 5) is 42.3. The number of hydrogen-bond acceptors (Lipinski definition) is 6. The summed E-state index contributed by atoms with van der Waals surface area (Å²) in [5, 5.41) is 20.7. The molecule has 3 amide bonds. The molecular weight excluding hydrogens is 510 g/mol. The van der Waals surface area contributed by atoms with Crippen molar-refractivity contribution in [3.05, 3.63) is 48.0 Å². The summed E-state index contributed by atoms with van der Waals surface area (Å²) in [6.45, 7) is 13.1. The molecule has 1 saturated heterocycles. The van der Waals surface area contributed by atoms with Crippen LogP contribution in [0, 0.1) is 16.7 Å². The number of carbonyl (C=O) groups is 3. The number of carbonyl (C=O) groups excluding carboxylic acids is 2. The van der Waals surface area contributed by atoms with E-state index in [1.807, 2.05) is 38.2 Å². The minimum atomic E-state index is -0.967. The van der Waals surface area contributed by atoms with Gasteiger partial charge in [0.05, 0.1) is 41.2 Å². The van der Waals surface area contributed by atoms with E-state index in [4.69, 9.17) is 5.73 Å². The fourth-order valence-corrected chi connectivity index (χ4v) is 5.70. The molecule has 1 aliphatic rings. The van der Waals surface area contributed by atoms with Gasteiger partial charge in [0, 0.05) is 47.9 Å². The molecule has 4 heterocycles. The maximum atomic E-state index is 12.5. The third kappa shape index (κ3) is 5.32. The van der Waals surface area contributed by atoms with Gasteiger partial charge in [0.1, 0.15) is 0 Å². The fraction of sp³-hybridized carbons (Fsp3) is 0.483. The average molecular weight is 550 g/mol. The van der Waals surface area contributed by atoms with Gasteiger partial charge in [-0.1, -0.05) is 47.6 Å². The maximum Gasteiger partial charge on any atom is 0.407 e. The Balaban J connectivity index is 1.71. The van der Waals surface area contributed by atoms with Crippen LogP contribution in [0.15, 0.2) is 36.8 Å². The highest BCUT2D eigenvalue weighted by atomic mass is 16.4. The van der Waals surface area contributed by atoms with Crippen molar-refractivity contribution in [3.63, 3.8) is 0 Å². The lowest BCUT2D eigenvalue weighted by Gasteiger charge is -2.45. The Labute approximate surface area is 234 Å². The molecule has 0 aliphatic carbocycles. The third-order valence-electron chi connectivity index (χ3n) is 8.29. The first-order chi connectivity index (χ1) is 18.8. The van der Waals surface area contributed by atoms with E-state index < -0.39 is 12.0 Å². The Bertz CT molecular complexity index is 1420. The molecule has 0 spiro atoms. The van der Waals surface area contributed by atoms with Crippen LogP contribution in [0.5, 0.6) is 0 Å². The predicted molar refractivity (Wildman–Crippen MR) is 153 cm³/mol. The first-order valence-electron chi connectivity index (χ1n) is 13.6. The van der Waals surface area contributed by atoms with Gasteiger partial charge >= 0.3 is 6.09 Å². The van der Waals surface area contributed by atoms with E-state index in [-0.39, 0.29) is 40.8 Å². The lowest BCUT2D eigenvalue weighted by Crippen LogP contribution is -2.48. The van der Waals surface area contributed by atoms with E-state index in [2.05, 4.69) is 48.4 Å². The summed E-state index contributed by atoms with van der Waals surface area (Å²) >= 11 is 0. The van der Waals surface area contributed by atoms with Crippen LogP contribution in [0.2, 0.25) is 0 Å². The number of rotatable bonds is 8. The second kappa shape index (κ2) is 10.8. The maximum absolute atomic E-state index is 12.5. The van der Waals surface area contributed by atoms with Gasteiger partial charge in [0.2, 0.25) is 5.91 Å². The Hall–Kier alpha value is -4.15. The lowest BCUT2D eigenvalue weighted by molar-refractivity contribution is -0.124. The van der Waals surface area contributed by atoms with Crippen molar-refractivity contribution < 1.29 is 19.5 Å². The first kappa shape index (κ1) is 28.8. The van der Waals surface area contributed by atoms with Crippen molar-refractivity contribution in [2.75, 3.05) is 18.4 Å². The number of hydrogen-bond donors (Lipinski definition) is 4. The lowest BCUT2D eigenvalue weighted by atomic mass is 9.62. The van der Waals surface area contributed by atoms with Crippen LogP contribution in [-0.4, -0.2) is 61.6 Å². The topological polar surface area (TPSA) is 155 Å². The standard InChI is InChI=1S/C29H39N7O4/c1-7-29(28(4,5)6)16-35(27(39)40)15-23(29)34-24-21(25(30)37)13-33-36-14-19(10-22(24)36)18-8-9-20(31-11-18)12-32-26(38)17(2)3/h8-11,13-14,17,23,34H,7,12,15-16H2,1-6H3,(H2,30,37)(H,32,38)(H,39,40)/t23-,29-/m1/s1. The molecule has 1 aliphatic heterocycles. The minimum absolute atomic E-state index is 0.0341. The van der Waals surface area contributed by atoms with Crippen molar-refractivity contribution >= 4 is 29.1 Å². The highest BCUT2D eigenvalue weighted by Crippen LogP contribution is 2.50. The van der Waals surface area contributed by atoms with E-state index in [0.29, 0.717) is 24.3 Å². The minimum Gasteiger partial charge on any atom is -0.465 e. The number of nitrogens with zero attached hydrogens (tertiary/aromatic N) is 4. The monoisotopic (exact) mass is 549 g/mol. The van der Waals surface area contributed by atoms with E-state index in [0.717, 1.165) is 23.2 Å². The van der Waals surface area contributed by atoms with Crippen LogP contribution in [0.1, 0.15) is 64.0 Å². The number of carboxylic acid groups (broad SMARTS) is 1. The van der Waals surface area contributed by atoms with E-state index in [1.54, 1.807) is 10.7 Å². The zero-order valence-electron chi connectivity index (χ0n) is 24.0. The molecule has 11 heteroatoms. The third-order valence-corrected chi connectivity index (χ3v) is 8.29. The average Bonchev–Trinajstić information content (AvgIpc) is 3.50. The summed E-state index contributed by atoms with van der Waals surface area (Å²) in [5.41, 5.74) is 8.97. The molecule has 11 nitrogen and oxygen atoms in total. The van der Waals surface area contributed by atoms with Crippen molar-refractivity contribution in [1.29, 1.82) is 0 Å². The second-order valence-electron chi connectivity index (χ2n) is 11.9. The molecule has 0 radical (unpaired) electrons. The highest BCUT2D eigenvalue weighted by Gasteiger charge is 2.54. The van der Waals surface area contributed by atoms with E-state index >= 15 is 0 Å². The SMILES string of the molecule is CC[C@@]1(C(C)(C)C)CN(C(=O)O)C[C@H]1Nc1c(C(N)=O)cnn2cc(-c3ccc(CNC(=O)C(C)C)nc3)cc12. The second-order valence-corrected chi connectivity index (χ2v) is 11.9. The molecule has 214 valence electrons. The fourth-order valence-electron chi connectivity index (χ4n) is 5.70. The van der Waals surface area contributed by atoms with Crippen LogP contribution in [0.25, 0.3) is 16.6 Å². The number of amides is 3. The zero-order valence-corrected chi connectivity index (χ0v) is 24.0. The smallest absolute Gasteiger partial charge is 0.407 e. The van der Waals surface area contributed by atoms with Crippen LogP contribution < -0.4 is 16.4 Å². The van der Waals surface area contributed by atoms with Gasteiger partial charge in [-0.05, 0) is 24.0 Å². The number of pyridine rings is 1. The molecule has 0 bridgehead atoms. The van der Waals surface area contributed by atoms with Gasteiger partial charge < -0.3 is 26.4 Å². The van der Waals surface area contributed by atoms with Crippen molar-refractivity contribution in [3.8, 4) is 11.1 Å². The summed E-state index contributed by atoms with van der Waals surface area (Å²) in [6, 6.07) is 5.42. The molecular formula is C29H39N7O4. The molecule has 3 aromatic heterocycles. The first-order valence-corrected chi connectivity index (χ1v) is 13.6. The largest absolute Gasteiger partial charge is 0.465 e. The van der Waals surface area contributed by atoms with Crippen LogP contribution in [0.3, 0.4) is 0 Å². The van der Waals surface area contributed by atoms with Gasteiger partial charge in [-0.25, -0.2) is 9.31 Å². The Morgan fingerprint density at radius 3 is 2.48 bits per heavy atom. The molecule has 40 heavy (non-hydrogen) atoms. The molecule has 0 aromatic carbocycles. The number of fused-ring (bicyclic) bond motifs is 1. The molecule has 0 unspecified atom stereocenters. The summed E-state index contributed by atoms with van der Waals surface area (Å²) in [5.74, 6) is -0.759. The summed E-state index contributed by atoms with van der Waals surface area (Å²) in [7, 11) is 0. The quantitative estimate of drug-likeness (QED) is 0.331. The van der Waals surface area contributed by atoms with Gasteiger partial charge in [0.15, 0.2) is 0 Å².